The number of rotatable bonds is 4. The third-order valence-corrected chi connectivity index (χ3v) is 5.58. The molecule has 0 spiro atoms. The predicted molar refractivity (Wildman–Crippen MR) is 109 cm³/mol. The van der Waals surface area contributed by atoms with Crippen LogP contribution in [0.1, 0.15) is 15.9 Å². The van der Waals surface area contributed by atoms with Gasteiger partial charge in [-0.3, -0.25) is 0 Å². The number of alkyl halides is 3. The largest absolute Gasteiger partial charge is 0.478 e. The minimum absolute atomic E-state index is 0.0879. The van der Waals surface area contributed by atoms with Gasteiger partial charge < -0.3 is 9.84 Å². The summed E-state index contributed by atoms with van der Waals surface area (Å²) in [5, 5.41) is 9.75. The fourth-order valence-corrected chi connectivity index (χ4v) is 4.08. The summed E-state index contributed by atoms with van der Waals surface area (Å²) in [6.45, 7) is 0. The molecule has 30 heavy (non-hydrogen) atoms. The van der Waals surface area contributed by atoms with Crippen LogP contribution in [-0.4, -0.2) is 16.1 Å². The molecule has 4 aromatic rings. The Morgan fingerprint density at radius 2 is 1.83 bits per heavy atom. The number of hydrogen-bond acceptors (Lipinski definition) is 4. The molecule has 0 saturated carbocycles. The van der Waals surface area contributed by atoms with Crippen LogP contribution in [0.4, 0.5) is 13.2 Å². The fraction of sp³-hybridized carbons (Fsp3) is 0.0476. The molecule has 0 aliphatic rings. The first-order chi connectivity index (χ1) is 14.2. The van der Waals surface area contributed by atoms with Gasteiger partial charge in [0.15, 0.2) is 0 Å². The highest BCUT2D eigenvalue weighted by Gasteiger charge is 2.31. The molecule has 1 heterocycles. The van der Waals surface area contributed by atoms with Gasteiger partial charge >= 0.3 is 12.1 Å². The minimum Gasteiger partial charge on any atom is -0.478 e. The molecule has 152 valence electrons. The fourth-order valence-electron chi connectivity index (χ4n) is 2.83. The Kier molecular flexibility index (Phi) is 5.13. The number of nitrogens with zero attached hydrogens (tertiary/aromatic N) is 1. The first kappa shape index (κ1) is 20.2. The summed E-state index contributed by atoms with van der Waals surface area (Å²) >= 11 is 7.22. The van der Waals surface area contributed by atoms with E-state index in [2.05, 4.69) is 4.98 Å². The van der Waals surface area contributed by atoms with Gasteiger partial charge in [-0.05, 0) is 36.4 Å². The maximum absolute atomic E-state index is 12.8. The van der Waals surface area contributed by atoms with Crippen molar-refractivity contribution in [2.24, 2.45) is 0 Å². The van der Waals surface area contributed by atoms with Crippen LogP contribution >= 0.6 is 22.9 Å². The Hall–Kier alpha value is -3.10. The van der Waals surface area contributed by atoms with Gasteiger partial charge in [0, 0.05) is 11.6 Å². The standard InChI is InChI=1S/C21H11ClF3NO3S/c22-15-9-11(21(23,24)25)5-8-17(15)29-12-6-7-16-18(10-12)30-19(26-16)13-3-1-2-4-14(13)20(27)28/h1-10H,(H,27,28). The Balaban J connectivity index is 1.66. The van der Waals surface area contributed by atoms with Gasteiger partial charge in [-0.2, -0.15) is 13.2 Å². The van der Waals surface area contributed by atoms with E-state index in [-0.39, 0.29) is 16.3 Å². The van der Waals surface area contributed by atoms with Crippen molar-refractivity contribution < 1.29 is 27.8 Å². The lowest BCUT2D eigenvalue weighted by atomic mass is 10.1. The molecule has 0 unspecified atom stereocenters. The van der Waals surface area contributed by atoms with Crippen molar-refractivity contribution in [3.05, 3.63) is 76.8 Å². The van der Waals surface area contributed by atoms with Crippen LogP contribution in [0, 0.1) is 0 Å². The molecule has 0 aliphatic heterocycles. The van der Waals surface area contributed by atoms with Crippen molar-refractivity contribution in [3.63, 3.8) is 0 Å². The number of carboxylic acid groups (broad SMARTS) is 1. The zero-order valence-electron chi connectivity index (χ0n) is 14.9. The number of thiazole rings is 1. The van der Waals surface area contributed by atoms with Crippen molar-refractivity contribution in [1.29, 1.82) is 0 Å². The number of halogens is 4. The van der Waals surface area contributed by atoms with Gasteiger partial charge in [0.1, 0.15) is 16.5 Å². The van der Waals surface area contributed by atoms with Crippen molar-refractivity contribution in [1.82, 2.24) is 4.98 Å². The number of benzene rings is 3. The van der Waals surface area contributed by atoms with Crippen molar-refractivity contribution in [3.8, 4) is 22.1 Å². The van der Waals surface area contributed by atoms with E-state index in [1.165, 1.54) is 17.4 Å². The number of aromatic nitrogens is 1. The third-order valence-electron chi connectivity index (χ3n) is 4.23. The second-order valence-electron chi connectivity index (χ2n) is 6.24. The van der Waals surface area contributed by atoms with Crippen LogP contribution in [0.25, 0.3) is 20.8 Å². The quantitative estimate of drug-likeness (QED) is 0.360. The zero-order chi connectivity index (χ0) is 21.5. The summed E-state index contributed by atoms with van der Waals surface area (Å²) in [5.41, 5.74) is 0.421. The average Bonchev–Trinajstić information content (AvgIpc) is 3.12. The van der Waals surface area contributed by atoms with Crippen molar-refractivity contribution >= 4 is 39.1 Å². The predicted octanol–water partition coefficient (Wildman–Crippen LogP) is 7.13. The van der Waals surface area contributed by atoms with Gasteiger partial charge in [-0.25, -0.2) is 9.78 Å². The molecular formula is C21H11ClF3NO3S. The van der Waals surface area contributed by atoms with Crippen LogP contribution in [0.3, 0.4) is 0 Å². The highest BCUT2D eigenvalue weighted by atomic mass is 35.5. The lowest BCUT2D eigenvalue weighted by Crippen LogP contribution is -2.04. The SMILES string of the molecule is O=C(O)c1ccccc1-c1nc2ccc(Oc3ccc(C(F)(F)F)cc3Cl)cc2s1. The number of carboxylic acids is 1. The minimum atomic E-state index is -4.49. The van der Waals surface area contributed by atoms with E-state index in [0.717, 1.165) is 22.9 Å². The summed E-state index contributed by atoms with van der Waals surface area (Å²) < 4.78 is 44.7. The second-order valence-corrected chi connectivity index (χ2v) is 7.68. The van der Waals surface area contributed by atoms with Crippen LogP contribution in [-0.2, 0) is 6.18 Å². The maximum atomic E-state index is 12.8. The van der Waals surface area contributed by atoms with Crippen LogP contribution in [0.15, 0.2) is 60.7 Å². The highest BCUT2D eigenvalue weighted by Crippen LogP contribution is 2.38. The molecule has 1 aromatic heterocycles. The van der Waals surface area contributed by atoms with Gasteiger partial charge in [0.05, 0.1) is 26.4 Å². The number of fused-ring (bicyclic) bond motifs is 1. The normalized spacial score (nSPS) is 11.6. The topological polar surface area (TPSA) is 59.4 Å². The summed E-state index contributed by atoms with van der Waals surface area (Å²) in [6.07, 6.45) is -4.49. The maximum Gasteiger partial charge on any atom is 0.416 e. The number of hydrogen-bond donors (Lipinski definition) is 1. The van der Waals surface area contributed by atoms with Crippen molar-refractivity contribution in [2.45, 2.75) is 6.18 Å². The first-order valence-corrected chi connectivity index (χ1v) is 9.70. The molecule has 0 fully saturated rings. The second kappa shape index (κ2) is 7.62. The van der Waals surface area contributed by atoms with Crippen molar-refractivity contribution in [2.75, 3.05) is 0 Å². The highest BCUT2D eigenvalue weighted by molar-refractivity contribution is 7.21. The molecule has 1 N–H and O–H groups in total. The van der Waals surface area contributed by atoms with Crippen LogP contribution < -0.4 is 4.74 Å². The van der Waals surface area contributed by atoms with E-state index in [0.29, 0.717) is 21.8 Å². The Labute approximate surface area is 177 Å². The number of carbonyl (C=O) groups is 1. The summed E-state index contributed by atoms with van der Waals surface area (Å²) in [4.78, 5) is 15.9. The Morgan fingerprint density at radius 1 is 1.07 bits per heavy atom. The number of aromatic carboxylic acids is 1. The molecular weight excluding hydrogens is 439 g/mol. The molecule has 0 radical (unpaired) electrons. The Bertz CT molecular complexity index is 1270. The summed E-state index contributed by atoms with van der Waals surface area (Å²) in [7, 11) is 0. The lowest BCUT2D eigenvalue weighted by Gasteiger charge is -2.11. The molecule has 0 saturated heterocycles. The van der Waals surface area contributed by atoms with E-state index in [9.17, 15) is 23.1 Å². The molecule has 0 amide bonds. The average molecular weight is 450 g/mol. The molecule has 0 bridgehead atoms. The smallest absolute Gasteiger partial charge is 0.416 e. The number of ether oxygens (including phenoxy) is 1. The van der Waals surface area contributed by atoms with E-state index >= 15 is 0 Å². The van der Waals surface area contributed by atoms with Gasteiger partial charge in [-0.15, -0.1) is 11.3 Å². The Morgan fingerprint density at radius 3 is 2.53 bits per heavy atom. The third kappa shape index (κ3) is 3.96. The van der Waals surface area contributed by atoms with Gasteiger partial charge in [0.25, 0.3) is 0 Å². The molecule has 4 nitrogen and oxygen atoms in total. The molecule has 3 aromatic carbocycles. The molecule has 9 heteroatoms. The van der Waals surface area contributed by atoms with E-state index in [4.69, 9.17) is 16.3 Å². The van der Waals surface area contributed by atoms with Crippen LogP contribution in [0.5, 0.6) is 11.5 Å². The first-order valence-electron chi connectivity index (χ1n) is 8.50. The van der Waals surface area contributed by atoms with Crippen LogP contribution in [0.2, 0.25) is 5.02 Å². The van der Waals surface area contributed by atoms with E-state index in [1.807, 2.05) is 0 Å². The monoisotopic (exact) mass is 449 g/mol. The van der Waals surface area contributed by atoms with Gasteiger partial charge in [-0.1, -0.05) is 29.8 Å². The summed E-state index contributed by atoms with van der Waals surface area (Å²) in [6, 6.07) is 14.4. The van der Waals surface area contributed by atoms with E-state index < -0.39 is 17.7 Å². The molecule has 0 atom stereocenters. The molecule has 0 aliphatic carbocycles. The van der Waals surface area contributed by atoms with Gasteiger partial charge in [0.2, 0.25) is 0 Å². The summed E-state index contributed by atoms with van der Waals surface area (Å²) in [5.74, 6) is -0.596. The zero-order valence-corrected chi connectivity index (χ0v) is 16.5. The molecule has 4 rings (SSSR count). The van der Waals surface area contributed by atoms with E-state index in [1.54, 1.807) is 36.4 Å². The lowest BCUT2D eigenvalue weighted by molar-refractivity contribution is -0.137.